The van der Waals surface area contributed by atoms with Crippen molar-refractivity contribution in [2.75, 3.05) is 0 Å². The molecule has 1 aromatic carbocycles. The molecule has 0 amide bonds. The van der Waals surface area contributed by atoms with Gasteiger partial charge in [-0.2, -0.15) is 0 Å². The Morgan fingerprint density at radius 2 is 2.11 bits per heavy atom. The SMILES string of the molecule is C=C/C(C)=C(\CC)C(=C)Cc1cc(F)ccc1S. The topological polar surface area (TPSA) is 0 Å². The molecule has 0 aliphatic heterocycles. The van der Waals surface area contributed by atoms with Crippen LogP contribution < -0.4 is 0 Å². The molecular formula is C16H19FS. The van der Waals surface area contributed by atoms with Crippen molar-refractivity contribution in [1.82, 2.24) is 0 Å². The Balaban J connectivity index is 3.00. The van der Waals surface area contributed by atoms with Crippen LogP contribution in [0.25, 0.3) is 0 Å². The fourth-order valence-corrected chi connectivity index (χ4v) is 2.18. The first-order valence-electron chi connectivity index (χ1n) is 5.97. The van der Waals surface area contributed by atoms with E-state index in [2.05, 4.69) is 32.7 Å². The van der Waals surface area contributed by atoms with Gasteiger partial charge in [-0.1, -0.05) is 26.2 Å². The van der Waals surface area contributed by atoms with Crippen molar-refractivity contribution in [2.24, 2.45) is 0 Å². The quantitative estimate of drug-likeness (QED) is 0.552. The summed E-state index contributed by atoms with van der Waals surface area (Å²) in [6.07, 6.45) is 3.34. The van der Waals surface area contributed by atoms with Gasteiger partial charge in [0.2, 0.25) is 0 Å². The number of halogens is 1. The fraction of sp³-hybridized carbons (Fsp3) is 0.250. The van der Waals surface area contributed by atoms with Crippen LogP contribution in [0, 0.1) is 5.82 Å². The van der Waals surface area contributed by atoms with Crippen LogP contribution in [-0.4, -0.2) is 0 Å². The highest BCUT2D eigenvalue weighted by Gasteiger charge is 2.08. The lowest BCUT2D eigenvalue weighted by Crippen LogP contribution is -1.97. The lowest BCUT2D eigenvalue weighted by Gasteiger charge is -2.13. The first-order valence-corrected chi connectivity index (χ1v) is 6.42. The first kappa shape index (κ1) is 14.8. The Kier molecular flexibility index (Phi) is 5.42. The molecular weight excluding hydrogens is 243 g/mol. The van der Waals surface area contributed by atoms with E-state index in [0.29, 0.717) is 6.42 Å². The van der Waals surface area contributed by atoms with E-state index in [9.17, 15) is 4.39 Å². The third kappa shape index (κ3) is 3.61. The van der Waals surface area contributed by atoms with Gasteiger partial charge in [-0.25, -0.2) is 4.39 Å². The number of allylic oxidation sites excluding steroid dienone is 4. The minimum absolute atomic E-state index is 0.238. The Labute approximate surface area is 114 Å². The van der Waals surface area contributed by atoms with E-state index in [1.165, 1.54) is 17.7 Å². The van der Waals surface area contributed by atoms with Crippen molar-refractivity contribution in [1.29, 1.82) is 0 Å². The van der Waals surface area contributed by atoms with E-state index in [1.54, 1.807) is 6.07 Å². The third-order valence-electron chi connectivity index (χ3n) is 3.01. The van der Waals surface area contributed by atoms with Crippen LogP contribution in [0.1, 0.15) is 25.8 Å². The zero-order valence-corrected chi connectivity index (χ0v) is 11.9. The minimum Gasteiger partial charge on any atom is -0.207 e. The number of thiol groups is 1. The molecule has 1 aromatic rings. The molecule has 0 radical (unpaired) electrons. The van der Waals surface area contributed by atoms with Crippen LogP contribution in [0.5, 0.6) is 0 Å². The molecule has 0 atom stereocenters. The predicted molar refractivity (Wildman–Crippen MR) is 79.7 cm³/mol. The molecule has 0 unspecified atom stereocenters. The summed E-state index contributed by atoms with van der Waals surface area (Å²) in [5.74, 6) is -0.238. The molecule has 18 heavy (non-hydrogen) atoms. The molecule has 0 saturated heterocycles. The van der Waals surface area contributed by atoms with Gasteiger partial charge in [-0.05, 0) is 60.2 Å². The molecule has 0 spiro atoms. The van der Waals surface area contributed by atoms with Gasteiger partial charge >= 0.3 is 0 Å². The maximum absolute atomic E-state index is 13.2. The molecule has 0 saturated carbocycles. The monoisotopic (exact) mass is 262 g/mol. The Morgan fingerprint density at radius 3 is 2.67 bits per heavy atom. The lowest BCUT2D eigenvalue weighted by atomic mass is 9.94. The summed E-state index contributed by atoms with van der Waals surface area (Å²) in [5.41, 5.74) is 4.17. The van der Waals surface area contributed by atoms with Gasteiger partial charge in [-0.3, -0.25) is 0 Å². The minimum atomic E-state index is -0.238. The van der Waals surface area contributed by atoms with Crippen LogP contribution in [0.2, 0.25) is 0 Å². The molecule has 0 nitrogen and oxygen atoms in total. The van der Waals surface area contributed by atoms with E-state index in [1.807, 2.05) is 13.0 Å². The second-order valence-electron chi connectivity index (χ2n) is 4.27. The van der Waals surface area contributed by atoms with Gasteiger partial charge in [0.15, 0.2) is 0 Å². The van der Waals surface area contributed by atoms with E-state index >= 15 is 0 Å². The molecule has 0 aliphatic carbocycles. The molecule has 0 fully saturated rings. The zero-order chi connectivity index (χ0) is 13.7. The Morgan fingerprint density at radius 1 is 1.44 bits per heavy atom. The highest BCUT2D eigenvalue weighted by molar-refractivity contribution is 7.80. The maximum atomic E-state index is 13.2. The van der Waals surface area contributed by atoms with Crippen molar-refractivity contribution in [3.8, 4) is 0 Å². The summed E-state index contributed by atoms with van der Waals surface area (Å²) >= 11 is 4.35. The standard InChI is InChI=1S/C16H19FS/c1-5-11(3)15(6-2)12(4)9-13-10-14(17)7-8-16(13)18/h5,7-8,10,18H,1,4,6,9H2,2-3H3/b15-11+. The molecule has 1 rings (SSSR count). The van der Waals surface area contributed by atoms with Crippen LogP contribution >= 0.6 is 12.6 Å². The molecule has 0 heterocycles. The highest BCUT2D eigenvalue weighted by Crippen LogP contribution is 2.25. The van der Waals surface area contributed by atoms with Crippen LogP contribution in [0.15, 0.2) is 59.0 Å². The van der Waals surface area contributed by atoms with Crippen molar-refractivity contribution in [3.63, 3.8) is 0 Å². The van der Waals surface area contributed by atoms with Gasteiger partial charge in [0.05, 0.1) is 0 Å². The smallest absolute Gasteiger partial charge is 0.123 e. The molecule has 2 heteroatoms. The summed E-state index contributed by atoms with van der Waals surface area (Å²) in [4.78, 5) is 0.796. The van der Waals surface area contributed by atoms with Crippen LogP contribution in [0.3, 0.4) is 0 Å². The number of hydrogen-bond donors (Lipinski definition) is 1. The second kappa shape index (κ2) is 6.60. The number of hydrogen-bond acceptors (Lipinski definition) is 1. The van der Waals surface area contributed by atoms with Crippen molar-refractivity contribution in [3.05, 3.63) is 65.5 Å². The molecule has 0 bridgehead atoms. The first-order chi connectivity index (χ1) is 8.49. The summed E-state index contributed by atoms with van der Waals surface area (Å²) in [6.45, 7) is 12.0. The van der Waals surface area contributed by atoms with Crippen LogP contribution in [-0.2, 0) is 6.42 Å². The zero-order valence-electron chi connectivity index (χ0n) is 11.0. The predicted octanol–water partition coefficient (Wildman–Crippen LogP) is 5.13. The normalized spacial score (nSPS) is 12.0. The fourth-order valence-electron chi connectivity index (χ4n) is 1.96. The summed E-state index contributed by atoms with van der Waals surface area (Å²) in [5, 5.41) is 0. The van der Waals surface area contributed by atoms with E-state index in [4.69, 9.17) is 0 Å². The van der Waals surface area contributed by atoms with Gasteiger partial charge < -0.3 is 0 Å². The maximum Gasteiger partial charge on any atom is 0.123 e. The van der Waals surface area contributed by atoms with E-state index < -0.39 is 0 Å². The average Bonchev–Trinajstić information content (AvgIpc) is 2.34. The Bertz CT molecular complexity index is 498. The van der Waals surface area contributed by atoms with E-state index in [0.717, 1.165) is 28.0 Å². The number of rotatable bonds is 5. The average molecular weight is 262 g/mol. The van der Waals surface area contributed by atoms with Gasteiger partial charge in [0.1, 0.15) is 5.82 Å². The van der Waals surface area contributed by atoms with Gasteiger partial charge in [0, 0.05) is 4.90 Å². The molecule has 0 N–H and O–H groups in total. The van der Waals surface area contributed by atoms with Crippen molar-refractivity contribution in [2.45, 2.75) is 31.6 Å². The van der Waals surface area contributed by atoms with Crippen molar-refractivity contribution >= 4 is 12.6 Å². The Hall–Kier alpha value is -1.28. The molecule has 0 aliphatic rings. The summed E-state index contributed by atoms with van der Waals surface area (Å²) < 4.78 is 13.2. The van der Waals surface area contributed by atoms with Crippen LogP contribution in [0.4, 0.5) is 4.39 Å². The van der Waals surface area contributed by atoms with Gasteiger partial charge in [-0.15, -0.1) is 12.6 Å². The number of benzene rings is 1. The largest absolute Gasteiger partial charge is 0.207 e. The lowest BCUT2D eigenvalue weighted by molar-refractivity contribution is 0.624. The third-order valence-corrected chi connectivity index (χ3v) is 3.44. The summed E-state index contributed by atoms with van der Waals surface area (Å²) in [7, 11) is 0. The molecule has 96 valence electrons. The second-order valence-corrected chi connectivity index (χ2v) is 4.75. The molecule has 0 aromatic heterocycles. The van der Waals surface area contributed by atoms with Crippen molar-refractivity contribution < 1.29 is 4.39 Å². The van der Waals surface area contributed by atoms with Gasteiger partial charge in [0.25, 0.3) is 0 Å². The summed E-state index contributed by atoms with van der Waals surface area (Å²) in [6, 6.07) is 4.61. The van der Waals surface area contributed by atoms with E-state index in [-0.39, 0.29) is 5.82 Å². The highest BCUT2D eigenvalue weighted by atomic mass is 32.1.